The molecule has 36 heavy (non-hydrogen) atoms. The molecule has 0 spiro atoms. The van der Waals surface area contributed by atoms with Crippen LogP contribution in [0.5, 0.6) is 0 Å². The maximum atomic E-state index is 12.9. The Bertz CT molecular complexity index is 1240. The van der Waals surface area contributed by atoms with E-state index in [9.17, 15) is 24.3 Å². The van der Waals surface area contributed by atoms with Gasteiger partial charge in [-0.1, -0.05) is 22.0 Å². The number of thioether (sulfide) groups is 3. The number of halogens is 1. The summed E-state index contributed by atoms with van der Waals surface area (Å²) in [5, 5.41) is 12.2. The summed E-state index contributed by atoms with van der Waals surface area (Å²) in [6.07, 6.45) is 3.46. The second-order valence-corrected chi connectivity index (χ2v) is 12.0. The molecular weight excluding hydrogens is 588 g/mol. The Kier molecular flexibility index (Phi) is 8.65. The van der Waals surface area contributed by atoms with Gasteiger partial charge >= 0.3 is 5.97 Å². The molecule has 0 unspecified atom stereocenters. The molecule has 4 rings (SSSR count). The summed E-state index contributed by atoms with van der Waals surface area (Å²) in [4.78, 5) is 51.5. The molecule has 0 radical (unpaired) electrons. The summed E-state index contributed by atoms with van der Waals surface area (Å²) in [6, 6.07) is 10.5. The summed E-state index contributed by atoms with van der Waals surface area (Å²) in [5.41, 5.74) is 5.83. The van der Waals surface area contributed by atoms with E-state index >= 15 is 0 Å². The van der Waals surface area contributed by atoms with Crippen LogP contribution in [0.1, 0.15) is 0 Å². The molecule has 13 heteroatoms. The number of aromatic nitrogens is 1. The van der Waals surface area contributed by atoms with Crippen molar-refractivity contribution in [1.29, 1.82) is 0 Å². The van der Waals surface area contributed by atoms with Crippen LogP contribution in [-0.4, -0.2) is 62.4 Å². The smallest absolute Gasteiger partial charge is 0.352 e. The normalized spacial score (nSPS) is 18.9. The number of carboxylic acid groups (broad SMARTS) is 1. The Morgan fingerprint density at radius 3 is 2.61 bits per heavy atom. The topological polar surface area (TPSA) is 134 Å². The standard InChI is InChI=1S/C23H21BrN4O5S3/c24-14-2-1-3-16(8-14)35-12-18(30)26-19-21(31)28-20(23(32)33)13(11-36-22(19)28)10-34-15-4-6-27(7-5-15)9-17(25)29/h1-8,19,22H,9-12H2,(H3-,25,26,29,30,32,33)/p+1/t19-,22+/m0/s1. The van der Waals surface area contributed by atoms with E-state index in [0.717, 1.165) is 14.3 Å². The Labute approximate surface area is 228 Å². The number of nitrogens with one attached hydrogen (secondary N) is 1. The molecule has 2 aromatic rings. The highest BCUT2D eigenvalue weighted by Gasteiger charge is 2.54. The van der Waals surface area contributed by atoms with E-state index in [1.165, 1.54) is 40.2 Å². The first-order valence-electron chi connectivity index (χ1n) is 10.7. The number of amides is 3. The molecule has 1 saturated heterocycles. The largest absolute Gasteiger partial charge is 0.477 e. The van der Waals surface area contributed by atoms with E-state index in [1.54, 1.807) is 17.0 Å². The summed E-state index contributed by atoms with van der Waals surface area (Å²) in [7, 11) is 0. The van der Waals surface area contributed by atoms with E-state index in [0.29, 0.717) is 17.1 Å². The predicted molar refractivity (Wildman–Crippen MR) is 141 cm³/mol. The number of hydrogen-bond acceptors (Lipinski definition) is 7. The maximum absolute atomic E-state index is 12.9. The fourth-order valence-corrected chi connectivity index (χ4v) is 7.40. The van der Waals surface area contributed by atoms with Gasteiger partial charge in [0.05, 0.1) is 5.75 Å². The SMILES string of the molecule is NC(=O)C[n+]1ccc(SCC2=C(C(=O)O)N3C(=O)[C@H](NC(=O)CSc4cccc(Br)c4)[C@H]3SC2)cc1. The molecule has 9 nitrogen and oxygen atoms in total. The quantitative estimate of drug-likeness (QED) is 0.211. The average Bonchev–Trinajstić information content (AvgIpc) is 2.84. The van der Waals surface area contributed by atoms with E-state index in [-0.39, 0.29) is 23.9 Å². The molecule has 0 bridgehead atoms. The highest BCUT2D eigenvalue weighted by Crippen LogP contribution is 2.41. The summed E-state index contributed by atoms with van der Waals surface area (Å²) in [5.74, 6) is -1.31. The number of carboxylic acids is 1. The zero-order chi connectivity index (χ0) is 25.8. The van der Waals surface area contributed by atoms with E-state index in [2.05, 4.69) is 21.2 Å². The number of primary amides is 1. The number of benzene rings is 1. The van der Waals surface area contributed by atoms with Crippen LogP contribution in [0.3, 0.4) is 0 Å². The number of β-lactam (4-membered cyclic amide) rings is 1. The van der Waals surface area contributed by atoms with E-state index < -0.39 is 29.2 Å². The molecule has 188 valence electrons. The van der Waals surface area contributed by atoms with Crippen molar-refractivity contribution in [2.24, 2.45) is 5.73 Å². The Balaban J connectivity index is 1.36. The van der Waals surface area contributed by atoms with Gasteiger partial charge in [-0.2, -0.15) is 4.57 Å². The molecule has 0 aliphatic carbocycles. The highest BCUT2D eigenvalue weighted by molar-refractivity contribution is 9.10. The third kappa shape index (κ3) is 6.25. The lowest BCUT2D eigenvalue weighted by atomic mass is 10.0. The minimum absolute atomic E-state index is 0.00927. The van der Waals surface area contributed by atoms with Crippen LogP contribution in [0.2, 0.25) is 0 Å². The average molecular weight is 611 g/mol. The third-order valence-corrected chi connectivity index (χ3v) is 9.27. The number of fused-ring (bicyclic) bond motifs is 1. The molecule has 1 fully saturated rings. The highest BCUT2D eigenvalue weighted by atomic mass is 79.9. The van der Waals surface area contributed by atoms with E-state index in [4.69, 9.17) is 5.73 Å². The molecule has 2 aliphatic heterocycles. The van der Waals surface area contributed by atoms with Crippen LogP contribution in [0, 0.1) is 0 Å². The van der Waals surface area contributed by atoms with Crippen molar-refractivity contribution < 1.29 is 28.9 Å². The Morgan fingerprint density at radius 2 is 1.94 bits per heavy atom. The van der Waals surface area contributed by atoms with Gasteiger partial charge in [0.15, 0.2) is 12.4 Å². The van der Waals surface area contributed by atoms with Crippen LogP contribution < -0.4 is 15.6 Å². The molecule has 3 heterocycles. The second kappa shape index (κ2) is 11.7. The van der Waals surface area contributed by atoms with Gasteiger partial charge in [0.2, 0.25) is 12.5 Å². The zero-order valence-corrected chi connectivity index (χ0v) is 22.8. The predicted octanol–water partition coefficient (Wildman–Crippen LogP) is 1.84. The number of pyridine rings is 1. The number of carbonyl (C=O) groups is 4. The number of nitrogens with zero attached hydrogens (tertiary/aromatic N) is 2. The summed E-state index contributed by atoms with van der Waals surface area (Å²) in [6.45, 7) is 0.0782. The van der Waals surface area contributed by atoms with Crippen molar-refractivity contribution >= 4 is 74.9 Å². The third-order valence-electron chi connectivity index (χ3n) is 5.34. The number of rotatable bonds is 10. The lowest BCUT2D eigenvalue weighted by Crippen LogP contribution is -2.70. The van der Waals surface area contributed by atoms with Gasteiger partial charge in [0.1, 0.15) is 17.1 Å². The Morgan fingerprint density at radius 1 is 1.19 bits per heavy atom. The van der Waals surface area contributed by atoms with Gasteiger partial charge in [-0.3, -0.25) is 19.3 Å². The van der Waals surface area contributed by atoms with Gasteiger partial charge in [0.25, 0.3) is 11.8 Å². The summed E-state index contributed by atoms with van der Waals surface area (Å²) >= 11 is 7.64. The molecule has 1 aromatic carbocycles. The lowest BCUT2D eigenvalue weighted by Gasteiger charge is -2.49. The monoisotopic (exact) mass is 609 g/mol. The fourth-order valence-electron chi connectivity index (χ4n) is 3.71. The van der Waals surface area contributed by atoms with Crippen molar-refractivity contribution in [3.63, 3.8) is 0 Å². The van der Waals surface area contributed by atoms with Gasteiger partial charge < -0.3 is 16.2 Å². The second-order valence-electron chi connectivity index (χ2n) is 7.92. The molecule has 3 amide bonds. The van der Waals surface area contributed by atoms with Crippen molar-refractivity contribution in [2.75, 3.05) is 17.3 Å². The first-order valence-corrected chi connectivity index (χ1v) is 14.5. The van der Waals surface area contributed by atoms with Crippen LogP contribution >= 0.6 is 51.2 Å². The minimum Gasteiger partial charge on any atom is -0.477 e. The number of nitrogens with two attached hydrogens (primary N) is 1. The summed E-state index contributed by atoms with van der Waals surface area (Å²) < 4.78 is 2.57. The molecule has 4 N–H and O–H groups in total. The van der Waals surface area contributed by atoms with Crippen molar-refractivity contribution in [2.45, 2.75) is 27.8 Å². The molecule has 2 aliphatic rings. The van der Waals surface area contributed by atoms with Crippen LogP contribution in [0.25, 0.3) is 0 Å². The molecule has 0 saturated carbocycles. The first-order chi connectivity index (χ1) is 17.2. The van der Waals surface area contributed by atoms with Crippen molar-refractivity contribution in [3.8, 4) is 0 Å². The van der Waals surface area contributed by atoms with Gasteiger partial charge in [-0.05, 0) is 23.8 Å². The molecule has 1 aromatic heterocycles. The van der Waals surface area contributed by atoms with Crippen molar-refractivity contribution in [3.05, 3.63) is 64.5 Å². The number of hydrogen-bond donors (Lipinski definition) is 3. The Hall–Kier alpha value is -2.48. The molecular formula is C23H22BrN4O5S3+. The van der Waals surface area contributed by atoms with Crippen LogP contribution in [0.4, 0.5) is 0 Å². The minimum atomic E-state index is -1.16. The lowest BCUT2D eigenvalue weighted by molar-refractivity contribution is -0.684. The van der Waals surface area contributed by atoms with E-state index in [1.807, 2.05) is 36.4 Å². The number of carbonyl (C=O) groups excluding carboxylic acids is 3. The van der Waals surface area contributed by atoms with Gasteiger partial charge in [-0.15, -0.1) is 35.3 Å². The zero-order valence-electron chi connectivity index (χ0n) is 18.8. The first kappa shape index (κ1) is 26.6. The van der Waals surface area contributed by atoms with Gasteiger partial charge in [0, 0.05) is 37.9 Å². The van der Waals surface area contributed by atoms with Crippen LogP contribution in [-0.2, 0) is 25.7 Å². The maximum Gasteiger partial charge on any atom is 0.352 e. The number of aliphatic carboxylic acids is 1. The molecule has 2 atom stereocenters. The van der Waals surface area contributed by atoms with Crippen LogP contribution in [0.15, 0.2) is 74.3 Å². The van der Waals surface area contributed by atoms with Gasteiger partial charge in [-0.25, -0.2) is 4.79 Å². The fraction of sp³-hybridized carbons (Fsp3) is 0.261. The van der Waals surface area contributed by atoms with Crippen molar-refractivity contribution in [1.82, 2.24) is 10.2 Å².